The molecule has 1 heterocycles. The summed E-state index contributed by atoms with van der Waals surface area (Å²) in [5.74, 6) is -0.0868. The molecule has 1 fully saturated rings. The van der Waals surface area contributed by atoms with Gasteiger partial charge in [-0.15, -0.1) is 0 Å². The van der Waals surface area contributed by atoms with Crippen LogP contribution >= 0.6 is 0 Å². The summed E-state index contributed by atoms with van der Waals surface area (Å²) in [5.41, 5.74) is 0.881. The Balaban J connectivity index is 1.89. The van der Waals surface area contributed by atoms with Crippen LogP contribution in [0.5, 0.6) is 0 Å². The van der Waals surface area contributed by atoms with E-state index in [0.717, 1.165) is 5.56 Å². The third-order valence-corrected chi connectivity index (χ3v) is 3.55. The van der Waals surface area contributed by atoms with Crippen molar-refractivity contribution in [3.63, 3.8) is 0 Å². The largest absolute Gasteiger partial charge is 0.463 e. The van der Waals surface area contributed by atoms with Crippen molar-refractivity contribution in [3.8, 4) is 0 Å². The van der Waals surface area contributed by atoms with Gasteiger partial charge in [-0.25, -0.2) is 4.79 Å². The number of carbonyl (C=O) groups is 1. The number of nitrogens with one attached hydrogen (secondary N) is 1. The fraction of sp³-hybridized carbons (Fsp3) is 0.643. The molecule has 0 bridgehead atoms. The Morgan fingerprint density at radius 2 is 2.11 bits per heavy atom. The average Bonchev–Trinajstić information content (AvgIpc) is 2.71. The van der Waals surface area contributed by atoms with Crippen LogP contribution in [0, 0.1) is 0 Å². The highest BCUT2D eigenvalue weighted by Crippen LogP contribution is 2.18. The molecule has 0 atom stereocenters. The van der Waals surface area contributed by atoms with Gasteiger partial charge in [0, 0.05) is 18.2 Å². The van der Waals surface area contributed by atoms with Gasteiger partial charge < -0.3 is 14.5 Å². The van der Waals surface area contributed by atoms with E-state index in [4.69, 9.17) is 4.42 Å². The predicted octanol–water partition coefficient (Wildman–Crippen LogP) is 2.88. The number of hydrogen-bond donors (Lipinski definition) is 1. The van der Waals surface area contributed by atoms with E-state index in [1.54, 1.807) is 0 Å². The molecule has 1 N–H and O–H groups in total. The van der Waals surface area contributed by atoms with Gasteiger partial charge in [0.15, 0.2) is 0 Å². The van der Waals surface area contributed by atoms with Gasteiger partial charge >= 0.3 is 5.97 Å². The van der Waals surface area contributed by atoms with Crippen LogP contribution in [-0.4, -0.2) is 19.1 Å². The van der Waals surface area contributed by atoms with Crippen LogP contribution in [0.1, 0.15) is 54.6 Å². The molecule has 1 aliphatic carbocycles. The molecule has 18 heavy (non-hydrogen) atoms. The van der Waals surface area contributed by atoms with Crippen molar-refractivity contribution in [2.24, 2.45) is 0 Å². The molecule has 4 heteroatoms. The minimum absolute atomic E-state index is 0.318. The summed E-state index contributed by atoms with van der Waals surface area (Å²) in [5, 5.41) is 3.52. The highest BCUT2D eigenvalue weighted by atomic mass is 16.5. The number of hydrogen-bond acceptors (Lipinski definition) is 4. The van der Waals surface area contributed by atoms with Crippen LogP contribution in [0.3, 0.4) is 0 Å². The Morgan fingerprint density at radius 1 is 1.39 bits per heavy atom. The molecule has 1 aromatic heterocycles. The van der Waals surface area contributed by atoms with E-state index in [2.05, 4.69) is 10.1 Å². The van der Waals surface area contributed by atoms with Crippen LogP contribution in [-0.2, 0) is 11.3 Å². The van der Waals surface area contributed by atoms with Gasteiger partial charge in [0.05, 0.1) is 13.4 Å². The first-order valence-electron chi connectivity index (χ1n) is 6.69. The molecule has 4 nitrogen and oxygen atoms in total. The number of rotatable bonds is 4. The molecular formula is C14H21NO3. The number of furan rings is 1. The van der Waals surface area contributed by atoms with E-state index >= 15 is 0 Å². The van der Waals surface area contributed by atoms with E-state index in [9.17, 15) is 4.79 Å². The van der Waals surface area contributed by atoms with E-state index in [1.807, 2.05) is 6.07 Å². The van der Waals surface area contributed by atoms with Crippen molar-refractivity contribution in [2.75, 3.05) is 7.11 Å². The molecule has 2 rings (SSSR count). The average molecular weight is 251 g/mol. The second-order valence-electron chi connectivity index (χ2n) is 4.84. The van der Waals surface area contributed by atoms with Crippen LogP contribution in [0.25, 0.3) is 0 Å². The van der Waals surface area contributed by atoms with Crippen molar-refractivity contribution in [3.05, 3.63) is 23.7 Å². The van der Waals surface area contributed by atoms with Gasteiger partial charge in [-0.2, -0.15) is 0 Å². The summed E-state index contributed by atoms with van der Waals surface area (Å²) in [6, 6.07) is 2.39. The maximum absolute atomic E-state index is 11.5. The number of esters is 1. The van der Waals surface area contributed by atoms with Crippen LogP contribution in [0.15, 0.2) is 16.7 Å². The Hall–Kier alpha value is -1.29. The minimum atomic E-state index is -0.405. The molecule has 0 amide bonds. The third kappa shape index (κ3) is 3.35. The first kappa shape index (κ1) is 13.1. The Morgan fingerprint density at radius 3 is 2.78 bits per heavy atom. The summed E-state index contributed by atoms with van der Waals surface area (Å²) in [6.07, 6.45) is 9.28. The Bertz CT molecular complexity index is 378. The molecule has 1 aliphatic rings. The summed E-state index contributed by atoms with van der Waals surface area (Å²) in [6.45, 7) is 0.672. The molecule has 0 radical (unpaired) electrons. The molecule has 100 valence electrons. The summed E-state index contributed by atoms with van der Waals surface area (Å²) < 4.78 is 9.85. The summed E-state index contributed by atoms with van der Waals surface area (Å²) >= 11 is 0. The number of methoxy groups -OCH3 is 1. The normalized spacial score (nSPS) is 17.4. The van der Waals surface area contributed by atoms with Crippen molar-refractivity contribution in [1.29, 1.82) is 0 Å². The van der Waals surface area contributed by atoms with E-state index in [0.29, 0.717) is 18.3 Å². The van der Waals surface area contributed by atoms with E-state index < -0.39 is 5.97 Å². The van der Waals surface area contributed by atoms with Gasteiger partial charge in [-0.05, 0) is 18.9 Å². The van der Waals surface area contributed by atoms with Gasteiger partial charge in [-0.3, -0.25) is 0 Å². The summed E-state index contributed by atoms with van der Waals surface area (Å²) in [4.78, 5) is 11.5. The smallest absolute Gasteiger partial charge is 0.374 e. The molecule has 0 aromatic carbocycles. The lowest BCUT2D eigenvalue weighted by molar-refractivity contribution is 0.0563. The second-order valence-corrected chi connectivity index (χ2v) is 4.84. The van der Waals surface area contributed by atoms with E-state index in [-0.39, 0.29) is 0 Å². The number of carbonyl (C=O) groups excluding carboxylic acids is 1. The predicted molar refractivity (Wildman–Crippen MR) is 68.4 cm³/mol. The molecular weight excluding hydrogens is 230 g/mol. The lowest BCUT2D eigenvalue weighted by atomic mass is 10.1. The van der Waals surface area contributed by atoms with Crippen molar-refractivity contribution < 1.29 is 13.9 Å². The minimum Gasteiger partial charge on any atom is -0.463 e. The zero-order chi connectivity index (χ0) is 12.8. The Kier molecular flexibility index (Phi) is 4.81. The van der Waals surface area contributed by atoms with Crippen LogP contribution < -0.4 is 5.32 Å². The first-order valence-corrected chi connectivity index (χ1v) is 6.69. The van der Waals surface area contributed by atoms with Gasteiger partial charge in [0.2, 0.25) is 5.76 Å². The summed E-state index contributed by atoms with van der Waals surface area (Å²) in [7, 11) is 1.37. The maximum atomic E-state index is 11.5. The van der Waals surface area contributed by atoms with Crippen LogP contribution in [0.2, 0.25) is 0 Å². The zero-order valence-corrected chi connectivity index (χ0v) is 10.9. The highest BCUT2D eigenvalue weighted by Gasteiger charge is 2.17. The molecule has 1 aromatic rings. The fourth-order valence-electron chi connectivity index (χ4n) is 2.48. The SMILES string of the molecule is COC(=O)c1occc1CNC1CCCCCC1. The van der Waals surface area contributed by atoms with Gasteiger partial charge in [0.1, 0.15) is 0 Å². The molecule has 0 spiro atoms. The highest BCUT2D eigenvalue weighted by molar-refractivity contribution is 5.87. The van der Waals surface area contributed by atoms with Crippen LogP contribution in [0.4, 0.5) is 0 Å². The first-order chi connectivity index (χ1) is 8.81. The third-order valence-electron chi connectivity index (χ3n) is 3.55. The van der Waals surface area contributed by atoms with Gasteiger partial charge in [0.25, 0.3) is 0 Å². The van der Waals surface area contributed by atoms with Crippen molar-refractivity contribution in [2.45, 2.75) is 51.1 Å². The second kappa shape index (κ2) is 6.59. The fourth-order valence-corrected chi connectivity index (χ4v) is 2.48. The molecule has 0 unspecified atom stereocenters. The van der Waals surface area contributed by atoms with Crippen molar-refractivity contribution in [1.82, 2.24) is 5.32 Å². The number of ether oxygens (including phenoxy) is 1. The quantitative estimate of drug-likeness (QED) is 0.660. The van der Waals surface area contributed by atoms with Crippen molar-refractivity contribution >= 4 is 5.97 Å². The molecule has 1 saturated carbocycles. The molecule has 0 saturated heterocycles. The molecule has 0 aliphatic heterocycles. The standard InChI is InChI=1S/C14H21NO3/c1-17-14(16)13-11(8-9-18-13)10-15-12-6-4-2-3-5-7-12/h8-9,12,15H,2-7,10H2,1H3. The maximum Gasteiger partial charge on any atom is 0.374 e. The zero-order valence-electron chi connectivity index (χ0n) is 10.9. The van der Waals surface area contributed by atoms with Gasteiger partial charge in [-0.1, -0.05) is 25.7 Å². The lowest BCUT2D eigenvalue weighted by Gasteiger charge is -2.15. The lowest BCUT2D eigenvalue weighted by Crippen LogP contribution is -2.28. The topological polar surface area (TPSA) is 51.5 Å². The Labute approximate surface area is 108 Å². The van der Waals surface area contributed by atoms with E-state index in [1.165, 1.54) is 51.9 Å². The monoisotopic (exact) mass is 251 g/mol.